The van der Waals surface area contributed by atoms with E-state index in [0.717, 1.165) is 27.6 Å². The SMILES string of the molecule is CCc1ccc(N2C(=O)c3oc4ccc(Br)cc4c(=O)c3C2c2cccc(OCc3ccccc3)c2)cc1. The van der Waals surface area contributed by atoms with Crippen molar-refractivity contribution < 1.29 is 13.9 Å². The number of amides is 1. The third-order valence-corrected chi connectivity index (χ3v) is 7.37. The van der Waals surface area contributed by atoms with Crippen molar-refractivity contribution in [3.8, 4) is 5.75 Å². The summed E-state index contributed by atoms with van der Waals surface area (Å²) >= 11 is 3.45. The lowest BCUT2D eigenvalue weighted by Crippen LogP contribution is -2.29. The molecule has 1 atom stereocenters. The summed E-state index contributed by atoms with van der Waals surface area (Å²) in [6.45, 7) is 2.50. The van der Waals surface area contributed by atoms with E-state index in [1.54, 1.807) is 23.1 Å². The molecule has 1 aromatic heterocycles. The van der Waals surface area contributed by atoms with Crippen LogP contribution in [0, 0.1) is 0 Å². The van der Waals surface area contributed by atoms with E-state index < -0.39 is 6.04 Å². The normalized spacial score (nSPS) is 14.6. The molecule has 0 N–H and O–H groups in total. The Morgan fingerprint density at radius 1 is 0.868 bits per heavy atom. The number of hydrogen-bond donors (Lipinski definition) is 0. The van der Waals surface area contributed by atoms with Gasteiger partial charge in [0.1, 0.15) is 17.9 Å². The largest absolute Gasteiger partial charge is 0.489 e. The third-order valence-electron chi connectivity index (χ3n) is 6.88. The van der Waals surface area contributed by atoms with Gasteiger partial charge in [-0.15, -0.1) is 0 Å². The maximum absolute atomic E-state index is 13.9. The number of halogens is 1. The topological polar surface area (TPSA) is 59.8 Å². The quantitative estimate of drug-likeness (QED) is 0.214. The first-order chi connectivity index (χ1) is 18.5. The van der Waals surface area contributed by atoms with Crippen LogP contribution in [0.15, 0.2) is 111 Å². The zero-order valence-corrected chi connectivity index (χ0v) is 22.3. The van der Waals surface area contributed by atoms with Crippen LogP contribution in [-0.4, -0.2) is 5.91 Å². The smallest absolute Gasteiger partial charge is 0.295 e. The number of nitrogens with zero attached hydrogens (tertiary/aromatic N) is 1. The molecule has 188 valence electrons. The Kier molecular flexibility index (Phi) is 6.34. The summed E-state index contributed by atoms with van der Waals surface area (Å²) in [4.78, 5) is 29.4. The summed E-state index contributed by atoms with van der Waals surface area (Å²) in [5, 5.41) is 0.426. The Labute approximate surface area is 228 Å². The van der Waals surface area contributed by atoms with E-state index in [0.29, 0.717) is 34.6 Å². The second-order valence-corrected chi connectivity index (χ2v) is 10.2. The molecule has 0 fully saturated rings. The maximum Gasteiger partial charge on any atom is 0.295 e. The second kappa shape index (κ2) is 9.95. The molecule has 0 aliphatic carbocycles. The molecule has 0 spiro atoms. The first kappa shape index (κ1) is 24.2. The Morgan fingerprint density at radius 3 is 2.42 bits per heavy atom. The van der Waals surface area contributed by atoms with Gasteiger partial charge in [-0.05, 0) is 65.6 Å². The van der Waals surface area contributed by atoms with Crippen molar-refractivity contribution in [1.29, 1.82) is 0 Å². The molecule has 0 saturated heterocycles. The first-order valence-electron chi connectivity index (χ1n) is 12.5. The van der Waals surface area contributed by atoms with Crippen molar-refractivity contribution in [3.05, 3.63) is 140 Å². The molecule has 38 heavy (non-hydrogen) atoms. The van der Waals surface area contributed by atoms with Crippen LogP contribution in [-0.2, 0) is 13.0 Å². The Morgan fingerprint density at radius 2 is 1.66 bits per heavy atom. The number of aryl methyl sites for hydroxylation is 1. The van der Waals surface area contributed by atoms with Gasteiger partial charge in [0.25, 0.3) is 5.91 Å². The van der Waals surface area contributed by atoms with Crippen LogP contribution in [0.2, 0.25) is 0 Å². The molecule has 0 radical (unpaired) electrons. The maximum atomic E-state index is 13.9. The predicted octanol–water partition coefficient (Wildman–Crippen LogP) is 7.45. The van der Waals surface area contributed by atoms with Crippen molar-refractivity contribution in [2.24, 2.45) is 0 Å². The van der Waals surface area contributed by atoms with E-state index in [1.165, 1.54) is 0 Å². The van der Waals surface area contributed by atoms with Gasteiger partial charge in [0.15, 0.2) is 5.43 Å². The van der Waals surface area contributed by atoms with Crippen molar-refractivity contribution in [2.45, 2.75) is 26.0 Å². The molecular formula is C32H24BrNO4. The number of anilines is 1. The van der Waals surface area contributed by atoms with Gasteiger partial charge in [-0.2, -0.15) is 0 Å². The fraction of sp³-hybridized carbons (Fsp3) is 0.125. The van der Waals surface area contributed by atoms with E-state index in [-0.39, 0.29) is 17.1 Å². The average molecular weight is 566 g/mol. The van der Waals surface area contributed by atoms with E-state index in [2.05, 4.69) is 22.9 Å². The van der Waals surface area contributed by atoms with Crippen molar-refractivity contribution in [1.82, 2.24) is 0 Å². The lowest BCUT2D eigenvalue weighted by atomic mass is 9.98. The van der Waals surface area contributed by atoms with E-state index in [4.69, 9.17) is 9.15 Å². The summed E-state index contributed by atoms with van der Waals surface area (Å²) < 4.78 is 12.9. The van der Waals surface area contributed by atoms with Gasteiger partial charge < -0.3 is 9.15 Å². The zero-order valence-electron chi connectivity index (χ0n) is 20.7. The lowest BCUT2D eigenvalue weighted by Gasteiger charge is -2.25. The summed E-state index contributed by atoms with van der Waals surface area (Å²) in [5.74, 6) is 0.387. The second-order valence-electron chi connectivity index (χ2n) is 9.26. The molecule has 6 rings (SSSR count). The molecule has 4 aromatic carbocycles. The van der Waals surface area contributed by atoms with Crippen LogP contribution < -0.4 is 15.1 Å². The van der Waals surface area contributed by atoms with Gasteiger partial charge in [-0.3, -0.25) is 14.5 Å². The molecule has 1 aliphatic heterocycles. The van der Waals surface area contributed by atoms with Crippen molar-refractivity contribution in [2.75, 3.05) is 4.90 Å². The lowest BCUT2D eigenvalue weighted by molar-refractivity contribution is 0.0971. The summed E-state index contributed by atoms with van der Waals surface area (Å²) in [7, 11) is 0. The molecule has 2 heterocycles. The molecule has 1 aliphatic rings. The Bertz CT molecular complexity index is 1710. The molecule has 5 nitrogen and oxygen atoms in total. The van der Waals surface area contributed by atoms with Crippen molar-refractivity contribution >= 4 is 38.5 Å². The summed E-state index contributed by atoms with van der Waals surface area (Å²) in [6, 6.07) is 29.9. The number of rotatable bonds is 6. The number of hydrogen-bond acceptors (Lipinski definition) is 4. The number of benzene rings is 4. The van der Waals surface area contributed by atoms with Gasteiger partial charge in [-0.1, -0.05) is 77.5 Å². The van der Waals surface area contributed by atoms with Crippen LogP contribution in [0.3, 0.4) is 0 Å². The highest BCUT2D eigenvalue weighted by Gasteiger charge is 2.43. The number of carbonyl (C=O) groups is 1. The molecule has 0 bridgehead atoms. The average Bonchev–Trinajstić information content (AvgIpc) is 3.25. The Hall–Kier alpha value is -4.16. The highest BCUT2D eigenvalue weighted by molar-refractivity contribution is 9.10. The summed E-state index contributed by atoms with van der Waals surface area (Å²) in [5.41, 5.74) is 4.18. The van der Waals surface area contributed by atoms with Crippen molar-refractivity contribution in [3.63, 3.8) is 0 Å². The molecular weight excluding hydrogens is 542 g/mol. The van der Waals surface area contributed by atoms with Gasteiger partial charge in [0, 0.05) is 10.2 Å². The minimum Gasteiger partial charge on any atom is -0.489 e. The zero-order chi connectivity index (χ0) is 26.2. The van der Waals surface area contributed by atoms with E-state index >= 15 is 0 Å². The number of ether oxygens (including phenoxy) is 1. The monoisotopic (exact) mass is 565 g/mol. The van der Waals surface area contributed by atoms with E-state index in [9.17, 15) is 9.59 Å². The summed E-state index contributed by atoms with van der Waals surface area (Å²) in [6.07, 6.45) is 0.888. The molecule has 5 aromatic rings. The molecule has 0 saturated carbocycles. The molecule has 1 unspecified atom stereocenters. The van der Waals surface area contributed by atoms with Crippen LogP contribution in [0.4, 0.5) is 5.69 Å². The first-order valence-corrected chi connectivity index (χ1v) is 13.3. The highest BCUT2D eigenvalue weighted by atomic mass is 79.9. The van der Waals surface area contributed by atoms with Gasteiger partial charge in [-0.25, -0.2) is 0 Å². The van der Waals surface area contributed by atoms with Gasteiger partial charge in [0.05, 0.1) is 17.0 Å². The van der Waals surface area contributed by atoms with Crippen LogP contribution >= 0.6 is 15.9 Å². The number of carbonyl (C=O) groups excluding carboxylic acids is 1. The molecule has 1 amide bonds. The fourth-order valence-electron chi connectivity index (χ4n) is 4.93. The van der Waals surface area contributed by atoms with Gasteiger partial charge >= 0.3 is 0 Å². The van der Waals surface area contributed by atoms with Crippen LogP contribution in [0.1, 0.15) is 45.8 Å². The highest BCUT2D eigenvalue weighted by Crippen LogP contribution is 2.42. The Balaban J connectivity index is 1.49. The standard InChI is InChI=1S/C32H24BrNO4/c1-2-20-11-14-24(15-12-20)34-29(22-9-6-10-25(17-22)37-19-21-7-4-3-5-8-21)28-30(35)26-18-23(33)13-16-27(26)38-31(28)32(34)36/h3-18,29H,2,19H2,1H3. The minimum atomic E-state index is -0.662. The van der Waals surface area contributed by atoms with Gasteiger partial charge in [0.2, 0.25) is 5.76 Å². The number of fused-ring (bicyclic) bond motifs is 2. The third kappa shape index (κ3) is 4.31. The fourth-order valence-corrected chi connectivity index (χ4v) is 5.30. The van der Waals surface area contributed by atoms with Crippen LogP contribution in [0.25, 0.3) is 11.0 Å². The van der Waals surface area contributed by atoms with Crippen LogP contribution in [0.5, 0.6) is 5.75 Å². The van der Waals surface area contributed by atoms with E-state index in [1.807, 2.05) is 78.9 Å². The minimum absolute atomic E-state index is 0.0741. The predicted molar refractivity (Wildman–Crippen MR) is 152 cm³/mol. The molecule has 6 heteroatoms.